The highest BCUT2D eigenvalue weighted by atomic mass is 16.4. The number of hydrogen-bond donors (Lipinski definition) is 9. The molecule has 16 nitrogen and oxygen atoms in total. The standard InChI is InChI=1S/C23H45N11O5/c24-10-2-1-6-14(25)18(35)32-15(7-3-11-30-22(26)27)20(37)34-13-5-9-17(34)19(36)33-16(21(38)39)8-4-12-31-23(28)29/h14-17H,1-13,24-25H2,(H,32,35)(H,33,36)(H,38,39)(H4,26,27,30)(H4,28,29,31). The van der Waals surface area contributed by atoms with Crippen molar-refractivity contribution >= 4 is 35.6 Å². The summed E-state index contributed by atoms with van der Waals surface area (Å²) in [7, 11) is 0. The lowest BCUT2D eigenvalue weighted by Gasteiger charge is -2.30. The molecule has 4 unspecified atom stereocenters. The molecule has 1 aliphatic heterocycles. The van der Waals surface area contributed by atoms with Crippen LogP contribution in [0, 0.1) is 0 Å². The first-order chi connectivity index (χ1) is 18.5. The van der Waals surface area contributed by atoms with Crippen molar-refractivity contribution in [2.75, 3.05) is 26.2 Å². The SMILES string of the molecule is NCCCCC(N)C(=O)NC(CCCN=C(N)N)C(=O)N1CCCC1C(=O)NC(CCCN=C(N)N)C(=O)O. The summed E-state index contributed by atoms with van der Waals surface area (Å²) in [5.74, 6) is -2.94. The number of hydrogen-bond acceptors (Lipinski definition) is 8. The number of aliphatic imine (C=N–C) groups is 2. The van der Waals surface area contributed by atoms with Crippen LogP contribution in [0.5, 0.6) is 0 Å². The number of aliphatic carboxylic acids is 1. The zero-order valence-electron chi connectivity index (χ0n) is 22.4. The largest absolute Gasteiger partial charge is 0.480 e. The molecular formula is C23H45N11O5. The molecule has 0 aromatic heterocycles. The molecule has 16 heteroatoms. The Morgan fingerprint density at radius 3 is 2.00 bits per heavy atom. The predicted molar refractivity (Wildman–Crippen MR) is 147 cm³/mol. The topological polar surface area (TPSA) is 297 Å². The number of rotatable bonds is 18. The van der Waals surface area contributed by atoms with Crippen molar-refractivity contribution in [3.8, 4) is 0 Å². The van der Waals surface area contributed by atoms with Crippen LogP contribution in [0.1, 0.15) is 57.8 Å². The number of carbonyl (C=O) groups is 4. The number of unbranched alkanes of at least 4 members (excludes halogenated alkanes) is 1. The second-order valence-corrected chi connectivity index (χ2v) is 9.44. The zero-order valence-corrected chi connectivity index (χ0v) is 22.4. The number of nitrogens with zero attached hydrogens (tertiary/aromatic N) is 3. The Balaban J connectivity index is 2.92. The molecule has 3 amide bonds. The second-order valence-electron chi connectivity index (χ2n) is 9.44. The van der Waals surface area contributed by atoms with Crippen molar-refractivity contribution in [2.24, 2.45) is 44.4 Å². The maximum atomic E-state index is 13.5. The summed E-state index contributed by atoms with van der Waals surface area (Å²) in [5, 5.41) is 14.8. The van der Waals surface area contributed by atoms with Crippen LogP contribution in [0.3, 0.4) is 0 Å². The van der Waals surface area contributed by atoms with Gasteiger partial charge in [0.05, 0.1) is 6.04 Å². The minimum Gasteiger partial charge on any atom is -0.480 e. The van der Waals surface area contributed by atoms with Gasteiger partial charge in [-0.1, -0.05) is 6.42 Å². The number of nitrogens with one attached hydrogen (secondary N) is 2. The van der Waals surface area contributed by atoms with Crippen LogP contribution < -0.4 is 45.0 Å². The third-order valence-electron chi connectivity index (χ3n) is 6.26. The van der Waals surface area contributed by atoms with Crippen molar-refractivity contribution in [1.29, 1.82) is 0 Å². The predicted octanol–water partition coefficient (Wildman–Crippen LogP) is -3.40. The molecule has 1 saturated heterocycles. The smallest absolute Gasteiger partial charge is 0.326 e. The van der Waals surface area contributed by atoms with Gasteiger partial charge in [-0.15, -0.1) is 0 Å². The van der Waals surface area contributed by atoms with E-state index in [1.54, 1.807) is 0 Å². The maximum Gasteiger partial charge on any atom is 0.326 e. The number of nitrogens with two attached hydrogens (primary N) is 6. The molecule has 1 heterocycles. The van der Waals surface area contributed by atoms with Crippen LogP contribution in [0.25, 0.3) is 0 Å². The van der Waals surface area contributed by atoms with E-state index in [1.165, 1.54) is 4.90 Å². The fourth-order valence-corrected chi connectivity index (χ4v) is 4.21. The van der Waals surface area contributed by atoms with Gasteiger partial charge < -0.3 is 55.0 Å². The summed E-state index contributed by atoms with van der Waals surface area (Å²) in [4.78, 5) is 60.1. The maximum absolute atomic E-state index is 13.5. The lowest BCUT2D eigenvalue weighted by Crippen LogP contribution is -2.56. The van der Waals surface area contributed by atoms with Gasteiger partial charge in [-0.3, -0.25) is 24.4 Å². The van der Waals surface area contributed by atoms with Gasteiger partial charge in [0.2, 0.25) is 17.7 Å². The van der Waals surface area contributed by atoms with E-state index in [1.807, 2.05) is 0 Å². The zero-order chi connectivity index (χ0) is 29.4. The monoisotopic (exact) mass is 555 g/mol. The Hall–Kier alpha value is -3.66. The van der Waals surface area contributed by atoms with Gasteiger partial charge in [0.1, 0.15) is 18.1 Å². The minimum absolute atomic E-state index is 0.0913. The van der Waals surface area contributed by atoms with E-state index in [0.29, 0.717) is 45.1 Å². The van der Waals surface area contributed by atoms with Crippen LogP contribution in [-0.4, -0.2) is 96.0 Å². The Bertz CT molecular complexity index is 875. The Labute approximate surface area is 228 Å². The van der Waals surface area contributed by atoms with Crippen molar-refractivity contribution in [3.05, 3.63) is 0 Å². The Morgan fingerprint density at radius 1 is 0.872 bits per heavy atom. The number of carbonyl (C=O) groups excluding carboxylic acids is 3. The number of likely N-dealkylation sites (tertiary alicyclic amines) is 1. The highest BCUT2D eigenvalue weighted by molar-refractivity contribution is 5.94. The average Bonchev–Trinajstić information content (AvgIpc) is 3.36. The Morgan fingerprint density at radius 2 is 1.46 bits per heavy atom. The van der Waals surface area contributed by atoms with Crippen LogP contribution >= 0.6 is 0 Å². The van der Waals surface area contributed by atoms with Gasteiger partial charge in [0, 0.05) is 19.6 Å². The molecule has 222 valence electrons. The van der Waals surface area contributed by atoms with E-state index in [-0.39, 0.29) is 44.4 Å². The number of guanidine groups is 2. The van der Waals surface area contributed by atoms with Crippen LogP contribution in [-0.2, 0) is 19.2 Å². The van der Waals surface area contributed by atoms with Gasteiger partial charge in [-0.25, -0.2) is 4.79 Å². The van der Waals surface area contributed by atoms with Crippen LogP contribution in [0.4, 0.5) is 0 Å². The summed E-state index contributed by atoms with van der Waals surface area (Å²) >= 11 is 0. The van der Waals surface area contributed by atoms with Gasteiger partial charge in [-0.2, -0.15) is 0 Å². The first-order valence-electron chi connectivity index (χ1n) is 13.2. The molecule has 0 bridgehead atoms. The van der Waals surface area contributed by atoms with E-state index >= 15 is 0 Å². The molecule has 15 N–H and O–H groups in total. The molecule has 0 aromatic carbocycles. The fourth-order valence-electron chi connectivity index (χ4n) is 4.21. The van der Waals surface area contributed by atoms with Crippen molar-refractivity contribution < 1.29 is 24.3 Å². The van der Waals surface area contributed by atoms with Gasteiger partial charge in [0.25, 0.3) is 0 Å². The highest BCUT2D eigenvalue weighted by Gasteiger charge is 2.39. The van der Waals surface area contributed by atoms with Crippen LogP contribution in [0.2, 0.25) is 0 Å². The molecule has 4 atom stereocenters. The van der Waals surface area contributed by atoms with Crippen LogP contribution in [0.15, 0.2) is 9.98 Å². The number of amides is 3. The summed E-state index contributed by atoms with van der Waals surface area (Å²) < 4.78 is 0. The lowest BCUT2D eigenvalue weighted by atomic mass is 10.1. The quantitative estimate of drug-likeness (QED) is 0.0456. The van der Waals surface area contributed by atoms with Gasteiger partial charge in [0.15, 0.2) is 11.9 Å². The number of carboxylic acids is 1. The molecule has 1 rings (SSSR count). The average molecular weight is 556 g/mol. The van der Waals surface area contributed by atoms with Crippen molar-refractivity contribution in [2.45, 2.75) is 82.0 Å². The molecule has 0 saturated carbocycles. The normalized spacial score (nSPS) is 17.0. The minimum atomic E-state index is -1.21. The molecule has 0 aromatic rings. The van der Waals surface area contributed by atoms with Gasteiger partial charge >= 0.3 is 5.97 Å². The Kier molecular flexibility index (Phi) is 15.2. The van der Waals surface area contributed by atoms with E-state index in [0.717, 1.165) is 6.42 Å². The summed E-state index contributed by atoms with van der Waals surface area (Å²) in [6.45, 7) is 1.22. The molecule has 1 fully saturated rings. The first-order valence-corrected chi connectivity index (χ1v) is 13.2. The second kappa shape index (κ2) is 17.8. The van der Waals surface area contributed by atoms with E-state index in [4.69, 9.17) is 34.4 Å². The molecule has 0 aliphatic carbocycles. The molecule has 0 spiro atoms. The number of carboxylic acid groups (broad SMARTS) is 1. The summed E-state index contributed by atoms with van der Waals surface area (Å²) in [6, 6.07) is -3.84. The lowest BCUT2D eigenvalue weighted by molar-refractivity contribution is -0.145. The summed E-state index contributed by atoms with van der Waals surface area (Å²) in [6.07, 6.45) is 3.72. The van der Waals surface area contributed by atoms with E-state index < -0.39 is 47.9 Å². The third kappa shape index (κ3) is 12.6. The van der Waals surface area contributed by atoms with Crippen molar-refractivity contribution in [1.82, 2.24) is 15.5 Å². The molecule has 0 radical (unpaired) electrons. The third-order valence-corrected chi connectivity index (χ3v) is 6.26. The molecular weight excluding hydrogens is 510 g/mol. The highest BCUT2D eigenvalue weighted by Crippen LogP contribution is 2.20. The first kappa shape index (κ1) is 33.4. The summed E-state index contributed by atoms with van der Waals surface area (Å²) in [5.41, 5.74) is 32.8. The fraction of sp³-hybridized carbons (Fsp3) is 0.739. The van der Waals surface area contributed by atoms with Crippen molar-refractivity contribution in [3.63, 3.8) is 0 Å². The van der Waals surface area contributed by atoms with E-state index in [9.17, 15) is 24.3 Å². The molecule has 1 aliphatic rings. The van der Waals surface area contributed by atoms with Gasteiger partial charge in [-0.05, 0) is 57.9 Å². The molecule has 39 heavy (non-hydrogen) atoms. The van der Waals surface area contributed by atoms with E-state index in [2.05, 4.69) is 20.6 Å².